The molecule has 0 saturated heterocycles. The van der Waals surface area contributed by atoms with Crippen LogP contribution in [-0.2, 0) is 0 Å². The number of nitrogens with one attached hydrogen (secondary N) is 1. The highest BCUT2D eigenvalue weighted by Crippen LogP contribution is 2.50. The van der Waals surface area contributed by atoms with Crippen molar-refractivity contribution in [3.63, 3.8) is 0 Å². The molecule has 0 bridgehead atoms. The zero-order valence-electron chi connectivity index (χ0n) is 11.0. The molecule has 0 heterocycles. The number of rotatable bonds is 4. The van der Waals surface area contributed by atoms with Gasteiger partial charge < -0.3 is 0 Å². The van der Waals surface area contributed by atoms with E-state index in [-0.39, 0.29) is 22.3 Å². The van der Waals surface area contributed by atoms with E-state index in [0.29, 0.717) is 10.0 Å². The van der Waals surface area contributed by atoms with Crippen LogP contribution in [0.4, 0.5) is 4.39 Å². The monoisotopic (exact) mass is 348 g/mol. The minimum absolute atomic E-state index is 0.0345. The summed E-state index contributed by atoms with van der Waals surface area (Å²) in [5.74, 6) is 5.35. The zero-order valence-corrected chi connectivity index (χ0v) is 13.3. The maximum absolute atomic E-state index is 14.4. The molecule has 1 aromatic carbocycles. The molecule has 1 aliphatic carbocycles. The Hall–Kier alpha value is -0.160. The topological polar surface area (TPSA) is 38.0 Å². The Morgan fingerprint density at radius 1 is 1.47 bits per heavy atom. The largest absolute Gasteiger partial charge is 0.271 e. The molecule has 1 aromatic rings. The van der Waals surface area contributed by atoms with Crippen LogP contribution in [0.3, 0.4) is 0 Å². The molecule has 2 nitrogen and oxygen atoms in total. The zero-order chi connectivity index (χ0) is 14.0. The van der Waals surface area contributed by atoms with E-state index in [0.717, 1.165) is 19.3 Å². The van der Waals surface area contributed by atoms with Gasteiger partial charge in [0.15, 0.2) is 0 Å². The second-order valence-corrected chi connectivity index (χ2v) is 6.52. The van der Waals surface area contributed by atoms with Gasteiger partial charge in [-0.25, -0.2) is 4.39 Å². The number of benzene rings is 1. The average Bonchev–Trinajstić information content (AvgIpc) is 2.89. The average molecular weight is 350 g/mol. The van der Waals surface area contributed by atoms with Gasteiger partial charge in [-0.05, 0) is 46.7 Å². The van der Waals surface area contributed by atoms with Gasteiger partial charge in [0.05, 0.1) is 11.1 Å². The lowest BCUT2D eigenvalue weighted by Crippen LogP contribution is -2.40. The molecular weight excluding hydrogens is 331 g/mol. The van der Waals surface area contributed by atoms with E-state index in [1.165, 1.54) is 12.8 Å². The molecule has 1 atom stereocenters. The third-order valence-corrected chi connectivity index (χ3v) is 5.72. The minimum atomic E-state index is -0.376. The molecule has 0 spiro atoms. The van der Waals surface area contributed by atoms with Crippen LogP contribution in [0.2, 0.25) is 5.02 Å². The molecule has 106 valence electrons. The summed E-state index contributed by atoms with van der Waals surface area (Å²) in [4.78, 5) is 0. The molecule has 0 aliphatic heterocycles. The molecule has 2 rings (SSSR count). The second kappa shape index (κ2) is 6.08. The summed E-state index contributed by atoms with van der Waals surface area (Å²) in [7, 11) is 0. The highest BCUT2D eigenvalue weighted by Gasteiger charge is 2.41. The first-order valence-corrected chi connectivity index (χ1v) is 7.82. The van der Waals surface area contributed by atoms with E-state index in [9.17, 15) is 4.39 Å². The molecular formula is C14H19BrClFN2. The number of nitrogens with two attached hydrogens (primary N) is 1. The summed E-state index contributed by atoms with van der Waals surface area (Å²) in [6, 6.07) is 3.36. The highest BCUT2D eigenvalue weighted by atomic mass is 79.9. The number of halogens is 3. The predicted molar refractivity (Wildman–Crippen MR) is 80.4 cm³/mol. The van der Waals surface area contributed by atoms with Crippen molar-refractivity contribution in [2.24, 2.45) is 11.3 Å². The van der Waals surface area contributed by atoms with Crippen LogP contribution >= 0.6 is 27.5 Å². The lowest BCUT2D eigenvalue weighted by Gasteiger charge is -2.37. The van der Waals surface area contributed by atoms with Crippen molar-refractivity contribution in [1.82, 2.24) is 5.43 Å². The van der Waals surface area contributed by atoms with E-state index < -0.39 is 0 Å². The molecule has 1 saturated carbocycles. The molecule has 0 aromatic heterocycles. The van der Waals surface area contributed by atoms with Crippen molar-refractivity contribution in [3.05, 3.63) is 33.0 Å². The van der Waals surface area contributed by atoms with Crippen LogP contribution in [0.25, 0.3) is 0 Å². The Labute approximate surface area is 127 Å². The van der Waals surface area contributed by atoms with E-state index in [1.54, 1.807) is 12.1 Å². The maximum Gasteiger partial charge on any atom is 0.147 e. The molecule has 0 amide bonds. The summed E-state index contributed by atoms with van der Waals surface area (Å²) in [6.07, 6.45) is 5.49. The third-order valence-electron chi connectivity index (χ3n) is 4.46. The quantitative estimate of drug-likeness (QED) is 0.469. The summed E-state index contributed by atoms with van der Waals surface area (Å²) in [5.41, 5.74) is 3.43. The van der Waals surface area contributed by atoms with Gasteiger partial charge in [-0.2, -0.15) is 0 Å². The number of hydrogen-bond donors (Lipinski definition) is 2. The van der Waals surface area contributed by atoms with Crippen molar-refractivity contribution in [2.75, 3.05) is 0 Å². The highest BCUT2D eigenvalue weighted by molar-refractivity contribution is 9.10. The van der Waals surface area contributed by atoms with Crippen molar-refractivity contribution in [2.45, 2.75) is 45.1 Å². The van der Waals surface area contributed by atoms with Gasteiger partial charge in [-0.1, -0.05) is 37.4 Å². The van der Waals surface area contributed by atoms with Gasteiger partial charge in [-0.15, -0.1) is 0 Å². The van der Waals surface area contributed by atoms with E-state index in [4.69, 9.17) is 17.4 Å². The van der Waals surface area contributed by atoms with Crippen LogP contribution in [0.5, 0.6) is 0 Å². The Morgan fingerprint density at radius 3 is 2.63 bits per heavy atom. The smallest absolute Gasteiger partial charge is 0.147 e. The number of hydrazine groups is 1. The van der Waals surface area contributed by atoms with Crippen LogP contribution in [0.15, 0.2) is 16.6 Å². The molecule has 3 N–H and O–H groups in total. The van der Waals surface area contributed by atoms with Gasteiger partial charge in [0.25, 0.3) is 0 Å². The van der Waals surface area contributed by atoms with Gasteiger partial charge in [0.1, 0.15) is 5.82 Å². The van der Waals surface area contributed by atoms with E-state index in [2.05, 4.69) is 28.3 Å². The fourth-order valence-electron chi connectivity index (χ4n) is 3.29. The Morgan fingerprint density at radius 2 is 2.11 bits per heavy atom. The molecule has 1 aliphatic rings. The normalized spacial score (nSPS) is 19.6. The SMILES string of the molecule is CCC1(C(NN)c2ccc(Br)c(Cl)c2F)CCCC1. The van der Waals surface area contributed by atoms with Gasteiger partial charge in [0.2, 0.25) is 0 Å². The van der Waals surface area contributed by atoms with Gasteiger partial charge in [0, 0.05) is 10.0 Å². The van der Waals surface area contributed by atoms with Crippen molar-refractivity contribution < 1.29 is 4.39 Å². The van der Waals surface area contributed by atoms with Crippen molar-refractivity contribution in [1.29, 1.82) is 0 Å². The summed E-state index contributed by atoms with van der Waals surface area (Å²) < 4.78 is 15.0. The van der Waals surface area contributed by atoms with Gasteiger partial charge in [-0.3, -0.25) is 11.3 Å². The van der Waals surface area contributed by atoms with Crippen molar-refractivity contribution in [3.8, 4) is 0 Å². The summed E-state index contributed by atoms with van der Waals surface area (Å²) in [5, 5.41) is 0.127. The Kier molecular flexibility index (Phi) is 4.88. The van der Waals surface area contributed by atoms with E-state index in [1.807, 2.05) is 0 Å². The van der Waals surface area contributed by atoms with Crippen LogP contribution in [0.1, 0.15) is 50.6 Å². The molecule has 5 heteroatoms. The number of hydrogen-bond acceptors (Lipinski definition) is 2. The first-order valence-electron chi connectivity index (χ1n) is 6.65. The lowest BCUT2D eigenvalue weighted by atomic mass is 9.73. The fourth-order valence-corrected chi connectivity index (χ4v) is 3.76. The molecule has 1 fully saturated rings. The standard InChI is InChI=1S/C14H19BrClFN2/c1-2-14(7-3-4-8-14)13(19-18)9-5-6-10(15)11(16)12(9)17/h5-6,13,19H,2-4,7-8,18H2,1H3. The fraction of sp³-hybridized carbons (Fsp3) is 0.571. The second-order valence-electron chi connectivity index (χ2n) is 5.29. The minimum Gasteiger partial charge on any atom is -0.271 e. The van der Waals surface area contributed by atoms with Gasteiger partial charge >= 0.3 is 0 Å². The lowest BCUT2D eigenvalue weighted by molar-refractivity contribution is 0.184. The predicted octanol–water partition coefficient (Wildman–Crippen LogP) is 4.72. The maximum atomic E-state index is 14.4. The summed E-state index contributed by atoms with van der Waals surface area (Å²) in [6.45, 7) is 2.15. The molecule has 1 unspecified atom stereocenters. The third kappa shape index (κ3) is 2.68. The molecule has 0 radical (unpaired) electrons. The van der Waals surface area contributed by atoms with Crippen LogP contribution in [0, 0.1) is 11.2 Å². The molecule has 19 heavy (non-hydrogen) atoms. The van der Waals surface area contributed by atoms with E-state index >= 15 is 0 Å². The van der Waals surface area contributed by atoms with Crippen molar-refractivity contribution >= 4 is 27.5 Å². The summed E-state index contributed by atoms with van der Waals surface area (Å²) >= 11 is 9.23. The first-order chi connectivity index (χ1) is 9.05. The Bertz CT molecular complexity index is 461. The van der Waals surface area contributed by atoms with Crippen LogP contribution in [-0.4, -0.2) is 0 Å². The Balaban J connectivity index is 2.45. The van der Waals surface area contributed by atoms with Crippen LogP contribution < -0.4 is 11.3 Å². The first kappa shape index (κ1) is 15.2.